The van der Waals surface area contributed by atoms with Gasteiger partial charge in [-0.15, -0.1) is 0 Å². The van der Waals surface area contributed by atoms with Gasteiger partial charge in [-0.25, -0.2) is 4.79 Å². The van der Waals surface area contributed by atoms with Gasteiger partial charge in [-0.2, -0.15) is 0 Å². The smallest absolute Gasteiger partial charge is 0.335 e. The first kappa shape index (κ1) is 10.2. The van der Waals surface area contributed by atoms with Gasteiger partial charge < -0.3 is 9.40 Å². The number of aromatic amines is 1. The molecule has 0 fully saturated rings. The minimum atomic E-state index is -0.303. The van der Waals surface area contributed by atoms with E-state index in [0.717, 1.165) is 0 Å². The summed E-state index contributed by atoms with van der Waals surface area (Å²) in [5.41, 5.74) is 0.903. The fourth-order valence-electron chi connectivity index (χ4n) is 1.32. The first-order valence-electron chi connectivity index (χ1n) is 4.92. The molecular weight excluding hydrogens is 202 g/mol. The SMILES string of the molecule is O=c1cccco1.c1ccc2[nH]ccc2c1. The van der Waals surface area contributed by atoms with Crippen molar-refractivity contribution in [1.29, 1.82) is 0 Å². The highest BCUT2D eigenvalue weighted by molar-refractivity contribution is 5.78. The maximum atomic E-state index is 10.1. The van der Waals surface area contributed by atoms with Gasteiger partial charge in [0.05, 0.1) is 6.26 Å². The third-order valence-electron chi connectivity index (χ3n) is 2.07. The van der Waals surface area contributed by atoms with Crippen molar-refractivity contribution in [3.05, 3.63) is 71.4 Å². The van der Waals surface area contributed by atoms with E-state index in [2.05, 4.69) is 27.6 Å². The molecule has 2 aromatic heterocycles. The third-order valence-corrected chi connectivity index (χ3v) is 2.07. The van der Waals surface area contributed by atoms with Crippen molar-refractivity contribution in [3.63, 3.8) is 0 Å². The number of aromatic nitrogens is 1. The number of para-hydroxylation sites is 1. The summed E-state index contributed by atoms with van der Waals surface area (Å²) in [5, 5.41) is 1.28. The Morgan fingerprint density at radius 1 is 0.938 bits per heavy atom. The Morgan fingerprint density at radius 2 is 1.75 bits per heavy atom. The van der Waals surface area contributed by atoms with Crippen LogP contribution >= 0.6 is 0 Å². The van der Waals surface area contributed by atoms with E-state index >= 15 is 0 Å². The maximum Gasteiger partial charge on any atom is 0.335 e. The highest BCUT2D eigenvalue weighted by Gasteiger charge is 1.86. The Morgan fingerprint density at radius 3 is 2.38 bits per heavy atom. The number of nitrogens with one attached hydrogen (secondary N) is 1. The van der Waals surface area contributed by atoms with Crippen molar-refractivity contribution in [2.75, 3.05) is 0 Å². The zero-order valence-corrected chi connectivity index (χ0v) is 8.59. The van der Waals surface area contributed by atoms with E-state index in [0.29, 0.717) is 0 Å². The lowest BCUT2D eigenvalue weighted by molar-refractivity contribution is 0.511. The lowest BCUT2D eigenvalue weighted by Crippen LogP contribution is -1.90. The van der Waals surface area contributed by atoms with Gasteiger partial charge in [0.1, 0.15) is 0 Å². The van der Waals surface area contributed by atoms with Crippen LogP contribution in [0.3, 0.4) is 0 Å². The van der Waals surface area contributed by atoms with Gasteiger partial charge in [-0.3, -0.25) is 0 Å². The molecule has 3 rings (SSSR count). The first-order valence-corrected chi connectivity index (χ1v) is 4.92. The second kappa shape index (κ2) is 4.98. The van der Waals surface area contributed by atoms with E-state index < -0.39 is 0 Å². The molecule has 0 saturated heterocycles. The second-order valence-corrected chi connectivity index (χ2v) is 3.19. The Balaban J connectivity index is 0.000000125. The van der Waals surface area contributed by atoms with Gasteiger partial charge in [0.25, 0.3) is 0 Å². The molecule has 80 valence electrons. The Kier molecular flexibility index (Phi) is 3.18. The van der Waals surface area contributed by atoms with E-state index in [-0.39, 0.29) is 5.63 Å². The summed E-state index contributed by atoms with van der Waals surface area (Å²) in [4.78, 5) is 13.2. The van der Waals surface area contributed by atoms with Crippen LogP contribution in [0, 0.1) is 0 Å². The topological polar surface area (TPSA) is 46.0 Å². The van der Waals surface area contributed by atoms with Gasteiger partial charge in [-0.1, -0.05) is 24.3 Å². The Bertz CT molecular complexity index is 562. The van der Waals surface area contributed by atoms with Crippen molar-refractivity contribution in [1.82, 2.24) is 4.98 Å². The summed E-state index contributed by atoms with van der Waals surface area (Å²) in [6, 6.07) is 14.9. The van der Waals surface area contributed by atoms with Crippen molar-refractivity contribution >= 4 is 10.9 Å². The molecule has 0 saturated carbocycles. The van der Waals surface area contributed by atoms with Crippen molar-refractivity contribution in [2.45, 2.75) is 0 Å². The molecular formula is C13H11NO2. The quantitative estimate of drug-likeness (QED) is 0.624. The fourth-order valence-corrected chi connectivity index (χ4v) is 1.32. The minimum Gasteiger partial charge on any atom is -0.431 e. The average Bonchev–Trinajstić information content (AvgIpc) is 2.79. The molecule has 0 aliphatic carbocycles. The Hall–Kier alpha value is -2.29. The number of hydrogen-bond acceptors (Lipinski definition) is 2. The largest absolute Gasteiger partial charge is 0.431 e. The molecule has 0 aliphatic rings. The zero-order chi connectivity index (χ0) is 11.2. The number of benzene rings is 1. The van der Waals surface area contributed by atoms with Gasteiger partial charge in [0.2, 0.25) is 0 Å². The lowest BCUT2D eigenvalue weighted by Gasteiger charge is -1.83. The van der Waals surface area contributed by atoms with Crippen LogP contribution in [-0.2, 0) is 0 Å². The van der Waals surface area contributed by atoms with E-state index in [4.69, 9.17) is 0 Å². The summed E-state index contributed by atoms with van der Waals surface area (Å²) >= 11 is 0. The van der Waals surface area contributed by atoms with Gasteiger partial charge in [0.15, 0.2) is 0 Å². The van der Waals surface area contributed by atoms with Crippen LogP contribution in [0.1, 0.15) is 0 Å². The molecule has 0 spiro atoms. The molecule has 1 aromatic carbocycles. The Labute approximate surface area is 92.4 Å². The second-order valence-electron chi connectivity index (χ2n) is 3.19. The van der Waals surface area contributed by atoms with Crippen LogP contribution < -0.4 is 5.63 Å². The van der Waals surface area contributed by atoms with Crippen molar-refractivity contribution < 1.29 is 4.42 Å². The number of rotatable bonds is 0. The van der Waals surface area contributed by atoms with Crippen LogP contribution in [0.5, 0.6) is 0 Å². The van der Waals surface area contributed by atoms with Gasteiger partial charge in [-0.05, 0) is 23.6 Å². The molecule has 0 amide bonds. The molecule has 0 atom stereocenters. The fraction of sp³-hybridized carbons (Fsp3) is 0. The van der Waals surface area contributed by atoms with Crippen LogP contribution in [0.25, 0.3) is 10.9 Å². The summed E-state index contributed by atoms with van der Waals surface area (Å²) < 4.78 is 4.37. The number of H-pyrrole nitrogens is 1. The average molecular weight is 213 g/mol. The standard InChI is InChI=1S/C8H7N.C5H4O2/c1-2-4-8-7(3-1)5-6-9-8;6-5-3-1-2-4-7-5/h1-6,9H;1-4H. The minimum absolute atomic E-state index is 0.303. The molecule has 3 heteroatoms. The molecule has 16 heavy (non-hydrogen) atoms. The molecule has 0 aliphatic heterocycles. The zero-order valence-electron chi connectivity index (χ0n) is 8.59. The molecule has 3 aromatic rings. The van der Waals surface area contributed by atoms with Crippen molar-refractivity contribution in [2.24, 2.45) is 0 Å². The third kappa shape index (κ3) is 2.60. The molecule has 3 nitrogen and oxygen atoms in total. The van der Waals surface area contributed by atoms with E-state index in [1.54, 1.807) is 12.1 Å². The summed E-state index contributed by atoms with van der Waals surface area (Å²) in [7, 11) is 0. The van der Waals surface area contributed by atoms with Gasteiger partial charge in [0, 0.05) is 17.8 Å². The molecule has 0 unspecified atom stereocenters. The maximum absolute atomic E-state index is 10.1. The van der Waals surface area contributed by atoms with Gasteiger partial charge >= 0.3 is 5.63 Å². The normalized spacial score (nSPS) is 9.50. The predicted octanol–water partition coefficient (Wildman–Crippen LogP) is 2.81. The molecule has 0 radical (unpaired) electrons. The molecule has 1 N–H and O–H groups in total. The predicted molar refractivity (Wildman–Crippen MR) is 63.3 cm³/mol. The first-order chi connectivity index (χ1) is 7.86. The van der Waals surface area contributed by atoms with E-state index in [1.807, 2.05) is 18.3 Å². The lowest BCUT2D eigenvalue weighted by atomic mass is 10.3. The summed E-state index contributed by atoms with van der Waals surface area (Å²) in [6.07, 6.45) is 3.30. The number of fused-ring (bicyclic) bond motifs is 1. The summed E-state index contributed by atoms with van der Waals surface area (Å²) in [6.45, 7) is 0. The van der Waals surface area contributed by atoms with E-state index in [1.165, 1.54) is 23.2 Å². The number of hydrogen-bond donors (Lipinski definition) is 1. The van der Waals surface area contributed by atoms with Crippen LogP contribution in [-0.4, -0.2) is 4.98 Å². The monoisotopic (exact) mass is 213 g/mol. The van der Waals surface area contributed by atoms with Crippen LogP contribution in [0.4, 0.5) is 0 Å². The van der Waals surface area contributed by atoms with Crippen LogP contribution in [0.2, 0.25) is 0 Å². The molecule has 2 heterocycles. The summed E-state index contributed by atoms with van der Waals surface area (Å²) in [5.74, 6) is 0. The van der Waals surface area contributed by atoms with Crippen LogP contribution in [0.15, 0.2) is 70.2 Å². The molecule has 0 bridgehead atoms. The van der Waals surface area contributed by atoms with E-state index in [9.17, 15) is 4.79 Å². The highest BCUT2D eigenvalue weighted by Crippen LogP contribution is 2.09. The van der Waals surface area contributed by atoms with Crippen molar-refractivity contribution in [3.8, 4) is 0 Å². The highest BCUT2D eigenvalue weighted by atomic mass is 16.4.